The van der Waals surface area contributed by atoms with Gasteiger partial charge in [0, 0.05) is 18.0 Å². The molecule has 1 aliphatic rings. The summed E-state index contributed by atoms with van der Waals surface area (Å²) in [5.74, 6) is -1.48. The Morgan fingerprint density at radius 1 is 1.13 bits per heavy atom. The first-order valence-corrected chi connectivity index (χ1v) is 9.62. The lowest BCUT2D eigenvalue weighted by atomic mass is 9.78. The molecule has 0 bridgehead atoms. The van der Waals surface area contributed by atoms with Crippen LogP contribution >= 0.6 is 0 Å². The Morgan fingerprint density at radius 2 is 1.77 bits per heavy atom. The number of rotatable bonds is 7. The predicted octanol–water partition coefficient (Wildman–Crippen LogP) is 4.92. The van der Waals surface area contributed by atoms with Gasteiger partial charge in [0.15, 0.2) is 6.61 Å². The van der Waals surface area contributed by atoms with Crippen LogP contribution in [-0.4, -0.2) is 30.2 Å². The smallest absolute Gasteiger partial charge is 0.422 e. The molecular weight excluding hydrogens is 420 g/mol. The summed E-state index contributed by atoms with van der Waals surface area (Å²) in [6, 6.07) is 8.86. The molecule has 3 rings (SSSR count). The zero-order chi connectivity index (χ0) is 22.6. The van der Waals surface area contributed by atoms with E-state index in [0.717, 1.165) is 49.4 Å². The van der Waals surface area contributed by atoms with Crippen molar-refractivity contribution in [3.05, 3.63) is 69.5 Å². The van der Waals surface area contributed by atoms with Gasteiger partial charge in [-0.2, -0.15) is 13.2 Å². The number of hydrogen-bond donors (Lipinski definition) is 1. The number of amides is 1. The van der Waals surface area contributed by atoms with Crippen LogP contribution in [0.3, 0.4) is 0 Å². The molecule has 0 unspecified atom stereocenters. The summed E-state index contributed by atoms with van der Waals surface area (Å²) in [5, 5.41) is 14.0. The molecule has 0 aliphatic heterocycles. The van der Waals surface area contributed by atoms with Crippen LogP contribution < -0.4 is 10.1 Å². The van der Waals surface area contributed by atoms with Crippen molar-refractivity contribution in [2.45, 2.75) is 37.3 Å². The van der Waals surface area contributed by atoms with Crippen LogP contribution in [-0.2, 0) is 5.41 Å². The van der Waals surface area contributed by atoms with E-state index in [1.54, 1.807) is 12.1 Å². The molecule has 0 saturated heterocycles. The first kappa shape index (κ1) is 22.5. The molecule has 1 aliphatic carbocycles. The second kappa shape index (κ2) is 8.91. The van der Waals surface area contributed by atoms with Gasteiger partial charge in [-0.1, -0.05) is 25.0 Å². The molecule has 31 heavy (non-hydrogen) atoms. The Kier molecular flexibility index (Phi) is 6.47. The Balaban J connectivity index is 1.81. The zero-order valence-corrected chi connectivity index (χ0v) is 16.4. The number of alkyl halides is 3. The highest BCUT2D eigenvalue weighted by atomic mass is 19.4. The molecule has 0 spiro atoms. The third kappa shape index (κ3) is 5.50. The minimum Gasteiger partial charge on any atom is -0.484 e. The summed E-state index contributed by atoms with van der Waals surface area (Å²) in [6.07, 6.45) is -1.28. The molecule has 0 atom stereocenters. The van der Waals surface area contributed by atoms with Gasteiger partial charge >= 0.3 is 6.18 Å². The molecule has 1 saturated carbocycles. The Hall–Kier alpha value is -3.17. The van der Waals surface area contributed by atoms with Gasteiger partial charge in [-0.3, -0.25) is 14.9 Å². The van der Waals surface area contributed by atoms with Gasteiger partial charge in [0.1, 0.15) is 17.1 Å². The lowest BCUT2D eigenvalue weighted by molar-refractivity contribution is -0.385. The minimum atomic E-state index is -4.59. The van der Waals surface area contributed by atoms with Gasteiger partial charge in [0.05, 0.1) is 4.92 Å². The van der Waals surface area contributed by atoms with Crippen LogP contribution in [0, 0.1) is 15.9 Å². The Labute approximate surface area is 175 Å². The number of halogens is 4. The predicted molar refractivity (Wildman–Crippen MR) is 104 cm³/mol. The third-order valence-electron chi connectivity index (χ3n) is 5.42. The molecule has 0 radical (unpaired) electrons. The molecule has 2 aromatic carbocycles. The van der Waals surface area contributed by atoms with Crippen molar-refractivity contribution in [2.24, 2.45) is 0 Å². The summed E-state index contributed by atoms with van der Waals surface area (Å²) in [5.41, 5.74) is -0.526. The molecule has 166 valence electrons. The highest BCUT2D eigenvalue weighted by Gasteiger charge is 2.36. The van der Waals surface area contributed by atoms with Gasteiger partial charge in [0.25, 0.3) is 11.6 Å². The quantitative estimate of drug-likeness (QED) is 0.377. The summed E-state index contributed by atoms with van der Waals surface area (Å²) in [7, 11) is 0. The molecule has 1 fully saturated rings. The van der Waals surface area contributed by atoms with Crippen LogP contribution in [0.15, 0.2) is 42.5 Å². The van der Waals surface area contributed by atoms with E-state index in [2.05, 4.69) is 10.1 Å². The number of nitrogens with zero attached hydrogens (tertiary/aromatic N) is 1. The van der Waals surface area contributed by atoms with Crippen LogP contribution in [0.4, 0.5) is 23.2 Å². The van der Waals surface area contributed by atoms with E-state index in [0.29, 0.717) is 0 Å². The van der Waals surface area contributed by atoms with E-state index in [4.69, 9.17) is 0 Å². The van der Waals surface area contributed by atoms with Gasteiger partial charge in [-0.25, -0.2) is 4.39 Å². The van der Waals surface area contributed by atoms with Gasteiger partial charge in [-0.05, 0) is 42.7 Å². The first-order valence-electron chi connectivity index (χ1n) is 9.62. The number of nitrogens with one attached hydrogen (secondary N) is 1. The second-order valence-electron chi connectivity index (χ2n) is 7.52. The third-order valence-corrected chi connectivity index (χ3v) is 5.42. The zero-order valence-electron chi connectivity index (χ0n) is 16.4. The number of nitro groups is 1. The average molecular weight is 440 g/mol. The summed E-state index contributed by atoms with van der Waals surface area (Å²) in [6.45, 7) is -1.43. The Morgan fingerprint density at radius 3 is 2.35 bits per heavy atom. The minimum absolute atomic E-state index is 0.155. The molecule has 2 aromatic rings. The van der Waals surface area contributed by atoms with Crippen molar-refractivity contribution >= 4 is 11.6 Å². The number of hydrogen-bond acceptors (Lipinski definition) is 4. The van der Waals surface area contributed by atoms with Crippen molar-refractivity contribution in [1.82, 2.24) is 5.32 Å². The topological polar surface area (TPSA) is 81.5 Å². The summed E-state index contributed by atoms with van der Waals surface area (Å²) >= 11 is 0. The molecule has 10 heteroatoms. The van der Waals surface area contributed by atoms with Crippen molar-refractivity contribution in [1.29, 1.82) is 0 Å². The number of nitro benzene ring substituents is 1. The molecule has 0 aromatic heterocycles. The lowest BCUT2D eigenvalue weighted by Crippen LogP contribution is -2.39. The van der Waals surface area contributed by atoms with E-state index < -0.39 is 40.3 Å². The van der Waals surface area contributed by atoms with Gasteiger partial charge < -0.3 is 10.1 Å². The fraction of sp³-hybridized carbons (Fsp3) is 0.381. The van der Waals surface area contributed by atoms with Crippen LogP contribution in [0.1, 0.15) is 41.6 Å². The van der Waals surface area contributed by atoms with Crippen LogP contribution in [0.25, 0.3) is 0 Å². The largest absolute Gasteiger partial charge is 0.484 e. The van der Waals surface area contributed by atoms with Gasteiger partial charge in [0.2, 0.25) is 0 Å². The molecule has 0 heterocycles. The summed E-state index contributed by atoms with van der Waals surface area (Å²) in [4.78, 5) is 23.3. The fourth-order valence-electron chi connectivity index (χ4n) is 3.88. The van der Waals surface area contributed by atoms with E-state index in [-0.39, 0.29) is 18.1 Å². The van der Waals surface area contributed by atoms with E-state index in [1.807, 2.05) is 0 Å². The molecule has 6 nitrogen and oxygen atoms in total. The van der Waals surface area contributed by atoms with Crippen molar-refractivity contribution in [3.8, 4) is 5.75 Å². The number of ether oxygens (including phenoxy) is 1. The van der Waals surface area contributed by atoms with E-state index >= 15 is 0 Å². The maximum atomic E-state index is 13.3. The number of benzene rings is 2. The van der Waals surface area contributed by atoms with Crippen LogP contribution in [0.2, 0.25) is 0 Å². The molecule has 1 amide bonds. The number of carbonyl (C=O) groups is 1. The van der Waals surface area contributed by atoms with E-state index in [9.17, 15) is 32.5 Å². The first-order chi connectivity index (χ1) is 14.6. The summed E-state index contributed by atoms with van der Waals surface area (Å²) < 4.78 is 55.1. The van der Waals surface area contributed by atoms with Crippen LogP contribution in [0.5, 0.6) is 5.75 Å². The maximum Gasteiger partial charge on any atom is 0.422 e. The lowest BCUT2D eigenvalue weighted by Gasteiger charge is -2.30. The normalized spacial score (nSPS) is 15.5. The SMILES string of the molecule is O=C(NCC1(c2ccc(F)cc2)CCCC1)c1cc(OCC(F)(F)F)ccc1[N+](=O)[O-]. The number of carbonyl (C=O) groups excluding carboxylic acids is 1. The molecular formula is C21H20F4N2O4. The van der Waals surface area contributed by atoms with Gasteiger partial charge in [-0.15, -0.1) is 0 Å². The standard InChI is InChI=1S/C21H20F4N2O4/c22-15-5-3-14(4-6-15)20(9-1-2-10-20)12-26-19(28)17-11-16(31-13-21(23,24)25)7-8-18(17)27(29)30/h3-8,11H,1-2,9-10,12-13H2,(H,26,28). The highest BCUT2D eigenvalue weighted by molar-refractivity contribution is 5.98. The van der Waals surface area contributed by atoms with Crippen molar-refractivity contribution in [2.75, 3.05) is 13.2 Å². The second-order valence-corrected chi connectivity index (χ2v) is 7.52. The fourth-order valence-corrected chi connectivity index (χ4v) is 3.88. The highest BCUT2D eigenvalue weighted by Crippen LogP contribution is 2.40. The Bertz CT molecular complexity index is 955. The maximum absolute atomic E-state index is 13.3. The van der Waals surface area contributed by atoms with Crippen molar-refractivity contribution in [3.63, 3.8) is 0 Å². The molecule has 1 N–H and O–H groups in total. The van der Waals surface area contributed by atoms with Crippen molar-refractivity contribution < 1.29 is 32.0 Å². The average Bonchev–Trinajstić information content (AvgIpc) is 3.20. The monoisotopic (exact) mass is 440 g/mol. The van der Waals surface area contributed by atoms with E-state index in [1.165, 1.54) is 12.1 Å².